The number of esters is 1. The number of ether oxygens (including phenoxy) is 1. The zero-order valence-electron chi connectivity index (χ0n) is 16.7. The van der Waals surface area contributed by atoms with E-state index in [1.165, 1.54) is 18.1 Å². The minimum Gasteiger partial charge on any atom is -0.468 e. The van der Waals surface area contributed by atoms with Gasteiger partial charge in [-0.15, -0.1) is 0 Å². The van der Waals surface area contributed by atoms with Crippen molar-refractivity contribution in [3.05, 3.63) is 41.6 Å². The number of para-hydroxylation sites is 1. The molecule has 1 aliphatic heterocycles. The smallest absolute Gasteiger partial charge is 0.331 e. The molecule has 4 rings (SSSR count). The van der Waals surface area contributed by atoms with Gasteiger partial charge in [0.25, 0.3) is 11.8 Å². The lowest BCUT2D eigenvalue weighted by Crippen LogP contribution is -2.58. The fourth-order valence-corrected chi connectivity index (χ4v) is 4.22. The summed E-state index contributed by atoms with van der Waals surface area (Å²) in [5, 5.41) is 3.09. The number of carbonyl (C=O) groups excluding carboxylic acids is 4. The molecule has 1 N–H and O–H groups in total. The largest absolute Gasteiger partial charge is 0.468 e. The SMILES string of the molecule is COC(=O)Cn1cc(C=C2C(=O)NC(=O)N(C3CCCCC3)C2=O)c2ccccc21. The van der Waals surface area contributed by atoms with Crippen LogP contribution in [0.4, 0.5) is 4.79 Å². The predicted molar refractivity (Wildman–Crippen MR) is 109 cm³/mol. The van der Waals surface area contributed by atoms with Gasteiger partial charge in [-0.05, 0) is 25.0 Å². The van der Waals surface area contributed by atoms with E-state index in [9.17, 15) is 19.2 Å². The number of barbiturate groups is 1. The molecule has 1 aromatic carbocycles. The number of amides is 4. The topological polar surface area (TPSA) is 97.7 Å². The van der Waals surface area contributed by atoms with E-state index in [0.29, 0.717) is 5.56 Å². The number of nitrogens with one attached hydrogen (secondary N) is 1. The third-order valence-corrected chi connectivity index (χ3v) is 5.72. The molecule has 156 valence electrons. The molecule has 0 atom stereocenters. The number of benzene rings is 1. The van der Waals surface area contributed by atoms with Gasteiger partial charge in [0, 0.05) is 28.7 Å². The van der Waals surface area contributed by atoms with Crippen LogP contribution in [0.3, 0.4) is 0 Å². The monoisotopic (exact) mass is 409 g/mol. The Labute approximate surface area is 173 Å². The van der Waals surface area contributed by atoms with E-state index in [1.54, 1.807) is 10.8 Å². The number of hydrogen-bond donors (Lipinski definition) is 1. The average molecular weight is 409 g/mol. The summed E-state index contributed by atoms with van der Waals surface area (Å²) in [5.74, 6) is -1.68. The zero-order valence-corrected chi connectivity index (χ0v) is 16.7. The Morgan fingerprint density at radius 2 is 1.90 bits per heavy atom. The van der Waals surface area contributed by atoms with Crippen molar-refractivity contribution >= 4 is 40.8 Å². The van der Waals surface area contributed by atoms with E-state index in [1.807, 2.05) is 24.3 Å². The van der Waals surface area contributed by atoms with Crippen molar-refractivity contribution in [2.75, 3.05) is 7.11 Å². The molecule has 2 aromatic rings. The number of aromatic nitrogens is 1. The normalized spacial score (nSPS) is 19.4. The first-order valence-electron chi connectivity index (χ1n) is 10.0. The number of carbonyl (C=O) groups is 4. The number of urea groups is 1. The second-order valence-electron chi connectivity index (χ2n) is 7.59. The molecule has 1 aromatic heterocycles. The van der Waals surface area contributed by atoms with Gasteiger partial charge in [-0.3, -0.25) is 24.6 Å². The zero-order chi connectivity index (χ0) is 21.3. The molecule has 0 spiro atoms. The molecule has 0 unspecified atom stereocenters. The summed E-state index contributed by atoms with van der Waals surface area (Å²) >= 11 is 0. The maximum absolute atomic E-state index is 13.1. The molecular formula is C22H23N3O5. The first kappa shape index (κ1) is 19.9. The number of rotatable bonds is 4. The van der Waals surface area contributed by atoms with Gasteiger partial charge < -0.3 is 9.30 Å². The lowest BCUT2D eigenvalue weighted by Gasteiger charge is -2.35. The van der Waals surface area contributed by atoms with Gasteiger partial charge in [0.05, 0.1) is 7.11 Å². The number of nitrogens with zero attached hydrogens (tertiary/aromatic N) is 2. The second kappa shape index (κ2) is 8.14. The summed E-state index contributed by atoms with van der Waals surface area (Å²) in [6, 6.07) is 6.54. The van der Waals surface area contributed by atoms with Gasteiger partial charge in [0.15, 0.2) is 0 Å². The van der Waals surface area contributed by atoms with Crippen molar-refractivity contribution in [1.82, 2.24) is 14.8 Å². The van der Waals surface area contributed by atoms with Crippen molar-refractivity contribution in [2.24, 2.45) is 0 Å². The number of hydrogen-bond acceptors (Lipinski definition) is 5. The van der Waals surface area contributed by atoms with E-state index >= 15 is 0 Å². The first-order valence-corrected chi connectivity index (χ1v) is 10.0. The van der Waals surface area contributed by atoms with Crippen LogP contribution in [0.5, 0.6) is 0 Å². The van der Waals surface area contributed by atoms with E-state index in [4.69, 9.17) is 4.74 Å². The van der Waals surface area contributed by atoms with Crippen LogP contribution >= 0.6 is 0 Å². The quantitative estimate of drug-likeness (QED) is 0.476. The van der Waals surface area contributed by atoms with Crippen LogP contribution in [0.2, 0.25) is 0 Å². The molecule has 0 bridgehead atoms. The number of fused-ring (bicyclic) bond motifs is 1. The minimum absolute atomic E-state index is 0.00696. The van der Waals surface area contributed by atoms with Crippen molar-refractivity contribution in [3.63, 3.8) is 0 Å². The van der Waals surface area contributed by atoms with Crippen molar-refractivity contribution in [3.8, 4) is 0 Å². The molecule has 8 nitrogen and oxygen atoms in total. The van der Waals surface area contributed by atoms with E-state index in [-0.39, 0.29) is 18.2 Å². The highest BCUT2D eigenvalue weighted by Gasteiger charge is 2.40. The number of imide groups is 2. The molecule has 1 aliphatic carbocycles. The maximum atomic E-state index is 13.1. The van der Waals surface area contributed by atoms with E-state index in [0.717, 1.165) is 43.0 Å². The average Bonchev–Trinajstić information content (AvgIpc) is 3.09. The highest BCUT2D eigenvalue weighted by atomic mass is 16.5. The summed E-state index contributed by atoms with van der Waals surface area (Å²) in [7, 11) is 1.32. The lowest BCUT2D eigenvalue weighted by molar-refractivity contribution is -0.141. The predicted octanol–water partition coefficient (Wildman–Crippen LogP) is 2.61. The van der Waals surface area contributed by atoms with Gasteiger partial charge in [-0.1, -0.05) is 37.5 Å². The maximum Gasteiger partial charge on any atom is 0.331 e. The summed E-state index contributed by atoms with van der Waals surface area (Å²) in [6.45, 7) is 0.00696. The Bertz CT molecular complexity index is 1060. The highest BCUT2D eigenvalue weighted by molar-refractivity contribution is 6.31. The van der Waals surface area contributed by atoms with Gasteiger partial charge in [-0.25, -0.2) is 4.79 Å². The molecule has 30 heavy (non-hydrogen) atoms. The Balaban J connectivity index is 1.73. The first-order chi connectivity index (χ1) is 14.5. The fourth-order valence-electron chi connectivity index (χ4n) is 4.22. The molecule has 8 heteroatoms. The molecule has 2 heterocycles. The molecule has 1 saturated heterocycles. The van der Waals surface area contributed by atoms with Crippen LogP contribution in [0.1, 0.15) is 37.7 Å². The third-order valence-electron chi connectivity index (χ3n) is 5.72. The minimum atomic E-state index is -0.707. The van der Waals surface area contributed by atoms with E-state index < -0.39 is 23.8 Å². The van der Waals surface area contributed by atoms with Crippen LogP contribution in [-0.2, 0) is 25.7 Å². The molecule has 2 aliphatic rings. The Morgan fingerprint density at radius 3 is 2.63 bits per heavy atom. The van der Waals surface area contributed by atoms with Crippen molar-refractivity contribution in [2.45, 2.75) is 44.7 Å². The molecule has 0 radical (unpaired) electrons. The Kier molecular flexibility index (Phi) is 5.39. The van der Waals surface area contributed by atoms with Crippen LogP contribution in [0.15, 0.2) is 36.0 Å². The van der Waals surface area contributed by atoms with Crippen LogP contribution in [0, 0.1) is 0 Å². The van der Waals surface area contributed by atoms with Crippen LogP contribution in [0.25, 0.3) is 17.0 Å². The summed E-state index contributed by atoms with van der Waals surface area (Å²) in [4.78, 5) is 50.9. The number of methoxy groups -OCH3 is 1. The molecular weight excluding hydrogens is 386 g/mol. The summed E-state index contributed by atoms with van der Waals surface area (Å²) in [5.41, 5.74) is 1.31. The summed E-state index contributed by atoms with van der Waals surface area (Å²) < 4.78 is 6.46. The van der Waals surface area contributed by atoms with E-state index in [2.05, 4.69) is 5.32 Å². The Hall–Kier alpha value is -3.42. The van der Waals surface area contributed by atoms with Crippen molar-refractivity contribution < 1.29 is 23.9 Å². The molecule has 1 saturated carbocycles. The fraction of sp³-hybridized carbons (Fsp3) is 0.364. The van der Waals surface area contributed by atoms with Gasteiger partial charge >= 0.3 is 12.0 Å². The second-order valence-corrected chi connectivity index (χ2v) is 7.59. The van der Waals surface area contributed by atoms with Crippen LogP contribution in [-0.4, -0.2) is 46.4 Å². The third kappa shape index (κ3) is 3.60. The van der Waals surface area contributed by atoms with Gasteiger partial charge in [0.1, 0.15) is 12.1 Å². The van der Waals surface area contributed by atoms with Crippen molar-refractivity contribution in [1.29, 1.82) is 0 Å². The summed E-state index contributed by atoms with van der Waals surface area (Å²) in [6.07, 6.45) is 7.69. The standard InChI is InChI=1S/C22H23N3O5/c1-30-19(26)13-24-12-14(16-9-5-6-10-18(16)24)11-17-20(27)23-22(29)25(21(17)28)15-7-3-2-4-8-15/h5-6,9-12,15H,2-4,7-8,13H2,1H3,(H,23,27,29). The highest BCUT2D eigenvalue weighted by Crippen LogP contribution is 2.28. The lowest BCUT2D eigenvalue weighted by atomic mass is 9.93. The van der Waals surface area contributed by atoms with Crippen LogP contribution < -0.4 is 5.32 Å². The van der Waals surface area contributed by atoms with Gasteiger partial charge in [0.2, 0.25) is 0 Å². The van der Waals surface area contributed by atoms with Gasteiger partial charge in [-0.2, -0.15) is 0 Å². The Morgan fingerprint density at radius 1 is 1.17 bits per heavy atom. The molecule has 2 fully saturated rings. The molecule has 4 amide bonds.